The van der Waals surface area contributed by atoms with E-state index in [1.807, 2.05) is 19.1 Å². The minimum absolute atomic E-state index is 0.0690. The van der Waals surface area contributed by atoms with Crippen molar-refractivity contribution in [2.24, 2.45) is 0 Å². The fourth-order valence-electron chi connectivity index (χ4n) is 2.77. The van der Waals surface area contributed by atoms with Crippen LogP contribution in [0.1, 0.15) is 27.2 Å². The smallest absolute Gasteiger partial charge is 0.251 e. The molecule has 0 atom stereocenters. The quantitative estimate of drug-likeness (QED) is 0.537. The molecule has 1 amide bonds. The minimum Gasteiger partial charge on any atom is -0.495 e. The number of ether oxygens (including phenoxy) is 1. The number of methoxy groups -OCH3 is 1. The lowest BCUT2D eigenvalue weighted by atomic mass is 10.2. The van der Waals surface area contributed by atoms with Gasteiger partial charge >= 0.3 is 0 Å². The molecule has 0 bridgehead atoms. The van der Waals surface area contributed by atoms with Crippen molar-refractivity contribution in [1.82, 2.24) is 15.0 Å². The maximum absolute atomic E-state index is 12.9. The lowest BCUT2D eigenvalue weighted by molar-refractivity contribution is 0.0950. The number of benzene rings is 2. The molecule has 2 aromatic carbocycles. The van der Waals surface area contributed by atoms with Gasteiger partial charge in [0.1, 0.15) is 10.6 Å². The van der Waals surface area contributed by atoms with Crippen molar-refractivity contribution in [3.63, 3.8) is 0 Å². The van der Waals surface area contributed by atoms with Crippen LogP contribution in [-0.2, 0) is 23.1 Å². The van der Waals surface area contributed by atoms with Crippen LogP contribution in [0, 0.1) is 6.92 Å². The molecule has 0 aliphatic carbocycles. The molecule has 0 saturated heterocycles. The van der Waals surface area contributed by atoms with E-state index in [0.29, 0.717) is 5.02 Å². The Morgan fingerprint density at radius 3 is 2.39 bits per heavy atom. The second kappa shape index (κ2) is 9.91. The Balaban J connectivity index is 1.76. The number of carbonyl (C=O) groups is 1. The molecule has 0 aliphatic heterocycles. The summed E-state index contributed by atoms with van der Waals surface area (Å²) in [7, 11) is -2.56. The Kier molecular flexibility index (Phi) is 7.27. The third-order valence-corrected chi connectivity index (χ3v) is 6.20. The fourth-order valence-corrected chi connectivity index (χ4v) is 4.11. The standard InChI is InChI=1S/C22H22ClN3O4S/c1-15-3-4-17(12-24-15)13-25-22(27)18-7-10-20(30-2)21(11-18)31(28,29)26-14-16-5-8-19(23)9-6-16/h3-12,26H,13-14H2,1-2H3,(H,25,27). The summed E-state index contributed by atoms with van der Waals surface area (Å²) in [5.74, 6) is -0.264. The average Bonchev–Trinajstić information content (AvgIpc) is 2.77. The van der Waals surface area contributed by atoms with E-state index in [-0.39, 0.29) is 29.3 Å². The Morgan fingerprint density at radius 2 is 1.74 bits per heavy atom. The fraction of sp³-hybridized carbons (Fsp3) is 0.182. The molecule has 0 spiro atoms. The zero-order valence-electron chi connectivity index (χ0n) is 17.1. The van der Waals surface area contributed by atoms with Crippen LogP contribution in [0.4, 0.5) is 0 Å². The molecule has 31 heavy (non-hydrogen) atoms. The van der Waals surface area contributed by atoms with Gasteiger partial charge < -0.3 is 10.1 Å². The molecule has 9 heteroatoms. The second-order valence-electron chi connectivity index (χ2n) is 6.81. The molecule has 7 nitrogen and oxygen atoms in total. The van der Waals surface area contributed by atoms with E-state index < -0.39 is 15.9 Å². The largest absolute Gasteiger partial charge is 0.495 e. The van der Waals surface area contributed by atoms with Gasteiger partial charge in [0, 0.05) is 35.6 Å². The van der Waals surface area contributed by atoms with E-state index >= 15 is 0 Å². The maximum Gasteiger partial charge on any atom is 0.251 e. The zero-order chi connectivity index (χ0) is 22.4. The summed E-state index contributed by atoms with van der Waals surface area (Å²) in [5.41, 5.74) is 2.66. The number of aryl methyl sites for hydroxylation is 1. The molecular formula is C22H22ClN3O4S. The first-order chi connectivity index (χ1) is 14.8. The van der Waals surface area contributed by atoms with Crippen LogP contribution in [0.2, 0.25) is 5.02 Å². The number of hydrogen-bond acceptors (Lipinski definition) is 5. The normalized spacial score (nSPS) is 11.2. The van der Waals surface area contributed by atoms with Gasteiger partial charge in [0.25, 0.3) is 5.91 Å². The molecule has 2 N–H and O–H groups in total. The molecule has 1 heterocycles. The molecule has 0 unspecified atom stereocenters. The predicted molar refractivity (Wildman–Crippen MR) is 119 cm³/mol. The van der Waals surface area contributed by atoms with Gasteiger partial charge in [-0.15, -0.1) is 0 Å². The first-order valence-corrected chi connectivity index (χ1v) is 11.3. The average molecular weight is 460 g/mol. The van der Waals surface area contributed by atoms with E-state index in [0.717, 1.165) is 16.8 Å². The SMILES string of the molecule is COc1ccc(C(=O)NCc2ccc(C)nc2)cc1S(=O)(=O)NCc1ccc(Cl)cc1. The van der Waals surface area contributed by atoms with E-state index in [2.05, 4.69) is 15.0 Å². The van der Waals surface area contributed by atoms with Crippen molar-refractivity contribution in [3.8, 4) is 5.75 Å². The lowest BCUT2D eigenvalue weighted by Gasteiger charge is -2.13. The van der Waals surface area contributed by atoms with Crippen LogP contribution >= 0.6 is 11.6 Å². The molecule has 3 rings (SSSR count). The second-order valence-corrected chi connectivity index (χ2v) is 8.98. The zero-order valence-corrected chi connectivity index (χ0v) is 18.6. The van der Waals surface area contributed by atoms with E-state index in [1.54, 1.807) is 30.5 Å². The van der Waals surface area contributed by atoms with Gasteiger partial charge in [0.05, 0.1) is 7.11 Å². The summed E-state index contributed by atoms with van der Waals surface area (Å²) in [6.07, 6.45) is 1.68. The van der Waals surface area contributed by atoms with Crippen LogP contribution < -0.4 is 14.8 Å². The summed E-state index contributed by atoms with van der Waals surface area (Å²) in [5, 5.41) is 3.33. The van der Waals surface area contributed by atoms with Crippen LogP contribution in [-0.4, -0.2) is 26.4 Å². The summed E-state index contributed by atoms with van der Waals surface area (Å²) in [4.78, 5) is 16.6. The Morgan fingerprint density at radius 1 is 1.03 bits per heavy atom. The Labute approximate surface area is 186 Å². The van der Waals surface area contributed by atoms with Gasteiger partial charge in [-0.2, -0.15) is 0 Å². The number of sulfonamides is 1. The molecule has 0 saturated carbocycles. The van der Waals surface area contributed by atoms with Crippen LogP contribution in [0.25, 0.3) is 0 Å². The van der Waals surface area contributed by atoms with Gasteiger partial charge in [-0.1, -0.05) is 29.8 Å². The maximum atomic E-state index is 12.9. The highest BCUT2D eigenvalue weighted by Gasteiger charge is 2.21. The number of aromatic nitrogens is 1. The molecule has 3 aromatic rings. The van der Waals surface area contributed by atoms with Gasteiger partial charge in [-0.05, 0) is 54.4 Å². The van der Waals surface area contributed by atoms with Crippen molar-refractivity contribution in [1.29, 1.82) is 0 Å². The highest BCUT2D eigenvalue weighted by atomic mass is 35.5. The third kappa shape index (κ3) is 6.04. The van der Waals surface area contributed by atoms with E-state index in [4.69, 9.17) is 16.3 Å². The van der Waals surface area contributed by atoms with Crippen molar-refractivity contribution in [2.45, 2.75) is 24.9 Å². The van der Waals surface area contributed by atoms with Crippen LogP contribution in [0.5, 0.6) is 5.75 Å². The predicted octanol–water partition coefficient (Wildman–Crippen LogP) is 3.46. The van der Waals surface area contributed by atoms with Crippen molar-refractivity contribution < 1.29 is 17.9 Å². The Bertz CT molecular complexity index is 1160. The molecule has 0 radical (unpaired) electrons. The summed E-state index contributed by atoms with van der Waals surface area (Å²) in [6, 6.07) is 14.8. The molecule has 0 fully saturated rings. The van der Waals surface area contributed by atoms with Gasteiger partial charge in [-0.3, -0.25) is 9.78 Å². The van der Waals surface area contributed by atoms with E-state index in [1.165, 1.54) is 25.3 Å². The van der Waals surface area contributed by atoms with Gasteiger partial charge in [0.15, 0.2) is 0 Å². The number of hydrogen-bond donors (Lipinski definition) is 2. The molecule has 1 aromatic heterocycles. The van der Waals surface area contributed by atoms with Gasteiger partial charge in [0.2, 0.25) is 10.0 Å². The lowest BCUT2D eigenvalue weighted by Crippen LogP contribution is -2.26. The van der Waals surface area contributed by atoms with E-state index in [9.17, 15) is 13.2 Å². The van der Waals surface area contributed by atoms with Crippen molar-refractivity contribution in [2.75, 3.05) is 7.11 Å². The number of carbonyl (C=O) groups excluding carboxylic acids is 1. The first-order valence-electron chi connectivity index (χ1n) is 9.40. The highest BCUT2D eigenvalue weighted by molar-refractivity contribution is 7.89. The Hall–Kier alpha value is -2.94. The number of nitrogens with zero attached hydrogens (tertiary/aromatic N) is 1. The molecule has 0 aliphatic rings. The molecule has 162 valence electrons. The number of rotatable bonds is 8. The number of pyridine rings is 1. The monoisotopic (exact) mass is 459 g/mol. The molecular weight excluding hydrogens is 438 g/mol. The number of halogens is 1. The van der Waals surface area contributed by atoms with Crippen LogP contribution in [0.3, 0.4) is 0 Å². The number of nitrogens with one attached hydrogen (secondary N) is 2. The topological polar surface area (TPSA) is 97.4 Å². The number of amides is 1. The minimum atomic E-state index is -3.94. The summed E-state index contributed by atoms with van der Waals surface area (Å²) < 4.78 is 33.5. The van der Waals surface area contributed by atoms with Gasteiger partial charge in [-0.25, -0.2) is 13.1 Å². The third-order valence-electron chi connectivity index (χ3n) is 4.52. The summed E-state index contributed by atoms with van der Waals surface area (Å²) in [6.45, 7) is 2.22. The first kappa shape index (κ1) is 22.7. The highest BCUT2D eigenvalue weighted by Crippen LogP contribution is 2.25. The van der Waals surface area contributed by atoms with Crippen molar-refractivity contribution in [3.05, 3.63) is 88.2 Å². The summed E-state index contributed by atoms with van der Waals surface area (Å²) >= 11 is 5.86. The van der Waals surface area contributed by atoms with Crippen LogP contribution in [0.15, 0.2) is 65.7 Å². The van der Waals surface area contributed by atoms with Crippen molar-refractivity contribution >= 4 is 27.5 Å².